The van der Waals surface area contributed by atoms with E-state index in [0.717, 1.165) is 17.5 Å². The number of aromatic nitrogens is 5. The molecule has 9 nitrogen and oxygen atoms in total. The third-order valence-electron chi connectivity index (χ3n) is 4.23. The molecule has 2 N–H and O–H groups in total. The first-order valence-corrected chi connectivity index (χ1v) is 10.0. The lowest BCUT2D eigenvalue weighted by atomic mass is 10.3. The summed E-state index contributed by atoms with van der Waals surface area (Å²) in [5.74, 6) is 0.824. The van der Waals surface area contributed by atoms with Gasteiger partial charge in [-0.15, -0.1) is 0 Å². The number of nitrogens with one attached hydrogen (secondary N) is 2. The first-order valence-electron chi connectivity index (χ1n) is 9.02. The number of carbonyl (C=O) groups excluding carboxylic acids is 1. The van der Waals surface area contributed by atoms with E-state index in [1.54, 1.807) is 55.8 Å². The van der Waals surface area contributed by atoms with Crippen molar-refractivity contribution >= 4 is 34.5 Å². The summed E-state index contributed by atoms with van der Waals surface area (Å²) in [6.07, 6.45) is 1.58. The van der Waals surface area contributed by atoms with Crippen LogP contribution in [0.4, 0.5) is 5.82 Å². The fourth-order valence-corrected chi connectivity index (χ4v) is 3.67. The Hall–Kier alpha value is -3.66. The van der Waals surface area contributed by atoms with E-state index in [2.05, 4.69) is 25.5 Å². The zero-order chi connectivity index (χ0) is 21.1. The summed E-state index contributed by atoms with van der Waals surface area (Å²) in [7, 11) is 1.56. The van der Waals surface area contributed by atoms with Crippen LogP contribution in [0.25, 0.3) is 16.7 Å². The van der Waals surface area contributed by atoms with Crippen LogP contribution < -0.4 is 15.6 Å². The van der Waals surface area contributed by atoms with Crippen LogP contribution in [0.5, 0.6) is 5.75 Å². The second kappa shape index (κ2) is 8.37. The number of pyridine rings is 1. The highest BCUT2D eigenvalue weighted by Crippen LogP contribution is 2.23. The molecule has 0 fully saturated rings. The molecule has 0 saturated heterocycles. The van der Waals surface area contributed by atoms with Crippen molar-refractivity contribution in [2.75, 3.05) is 18.2 Å². The molecule has 3 aromatic heterocycles. The number of hydrogen-bond acceptors (Lipinski definition) is 7. The van der Waals surface area contributed by atoms with Crippen molar-refractivity contribution in [2.24, 2.45) is 0 Å². The van der Waals surface area contributed by atoms with E-state index >= 15 is 0 Å². The zero-order valence-corrected chi connectivity index (χ0v) is 17.1. The third-order valence-corrected chi connectivity index (χ3v) is 5.17. The number of benzene rings is 1. The number of aryl methyl sites for hydroxylation is 1. The van der Waals surface area contributed by atoms with Gasteiger partial charge in [0.2, 0.25) is 5.91 Å². The molecule has 0 atom stereocenters. The number of hydrogen-bond donors (Lipinski definition) is 2. The summed E-state index contributed by atoms with van der Waals surface area (Å²) < 4.78 is 6.74. The largest absolute Gasteiger partial charge is 0.497 e. The Labute approximate surface area is 175 Å². The number of thioether (sulfide) groups is 1. The fraction of sp³-hybridized carbons (Fsp3) is 0.150. The van der Waals surface area contributed by atoms with Gasteiger partial charge in [-0.05, 0) is 31.2 Å². The van der Waals surface area contributed by atoms with E-state index in [9.17, 15) is 9.59 Å². The summed E-state index contributed by atoms with van der Waals surface area (Å²) in [5, 5.41) is 10.2. The highest BCUT2D eigenvalue weighted by molar-refractivity contribution is 7.99. The standard InChI is InChI=1S/C20H18N6O3S/c1-12-9-16(25-24-12)22-17(27)11-30-20-23-18-15(7-4-8-21-18)19(28)26(20)13-5-3-6-14(10-13)29-2/h3-10H,11H2,1-2H3,(H2,22,24,25,27). The van der Waals surface area contributed by atoms with Crippen molar-refractivity contribution in [1.29, 1.82) is 0 Å². The van der Waals surface area contributed by atoms with Gasteiger partial charge in [0.05, 0.1) is 23.9 Å². The molecule has 0 spiro atoms. The molecule has 0 saturated carbocycles. The Morgan fingerprint density at radius 2 is 2.13 bits per heavy atom. The SMILES string of the molecule is COc1cccc(-n2c(SCC(=O)Nc3cc(C)[nH]n3)nc3ncccc3c2=O)c1. The fourth-order valence-electron chi connectivity index (χ4n) is 2.87. The molecule has 0 radical (unpaired) electrons. The minimum atomic E-state index is -0.271. The van der Waals surface area contributed by atoms with Crippen molar-refractivity contribution in [3.05, 3.63) is 64.7 Å². The minimum absolute atomic E-state index is 0.0423. The van der Waals surface area contributed by atoms with Gasteiger partial charge in [0, 0.05) is 24.0 Å². The van der Waals surface area contributed by atoms with Gasteiger partial charge in [0.25, 0.3) is 5.56 Å². The monoisotopic (exact) mass is 422 g/mol. The zero-order valence-electron chi connectivity index (χ0n) is 16.2. The Kier molecular flexibility index (Phi) is 5.48. The quantitative estimate of drug-likeness (QED) is 0.362. The van der Waals surface area contributed by atoms with Gasteiger partial charge in [-0.1, -0.05) is 17.8 Å². The first kappa shape index (κ1) is 19.6. The van der Waals surface area contributed by atoms with Crippen LogP contribution in [-0.4, -0.2) is 43.5 Å². The van der Waals surface area contributed by atoms with E-state index in [1.807, 2.05) is 6.92 Å². The van der Waals surface area contributed by atoms with Crippen molar-refractivity contribution < 1.29 is 9.53 Å². The molecular weight excluding hydrogens is 404 g/mol. The van der Waals surface area contributed by atoms with Gasteiger partial charge < -0.3 is 10.1 Å². The van der Waals surface area contributed by atoms with Crippen molar-refractivity contribution in [2.45, 2.75) is 12.1 Å². The van der Waals surface area contributed by atoms with Crippen LogP contribution in [0.3, 0.4) is 0 Å². The Balaban J connectivity index is 1.70. The highest BCUT2D eigenvalue weighted by atomic mass is 32.2. The summed E-state index contributed by atoms with van der Waals surface area (Å²) >= 11 is 1.14. The average Bonchev–Trinajstić information content (AvgIpc) is 3.16. The van der Waals surface area contributed by atoms with E-state index < -0.39 is 0 Å². The van der Waals surface area contributed by atoms with Gasteiger partial charge in [-0.25, -0.2) is 9.97 Å². The maximum absolute atomic E-state index is 13.2. The molecule has 1 aromatic carbocycles. The molecule has 0 aliphatic heterocycles. The molecule has 30 heavy (non-hydrogen) atoms. The number of methoxy groups -OCH3 is 1. The lowest BCUT2D eigenvalue weighted by Gasteiger charge is -2.13. The van der Waals surface area contributed by atoms with Crippen molar-refractivity contribution in [3.8, 4) is 11.4 Å². The van der Waals surface area contributed by atoms with Gasteiger partial charge in [-0.2, -0.15) is 5.10 Å². The molecule has 3 heterocycles. The highest BCUT2D eigenvalue weighted by Gasteiger charge is 2.16. The second-order valence-electron chi connectivity index (χ2n) is 6.38. The van der Waals surface area contributed by atoms with Gasteiger partial charge in [0.1, 0.15) is 5.75 Å². The molecule has 10 heteroatoms. The predicted octanol–water partition coefficient (Wildman–Crippen LogP) is 2.55. The number of aromatic amines is 1. The number of fused-ring (bicyclic) bond motifs is 1. The number of amides is 1. The van der Waals surface area contributed by atoms with Gasteiger partial charge >= 0.3 is 0 Å². The van der Waals surface area contributed by atoms with Crippen LogP contribution in [0.2, 0.25) is 0 Å². The van der Waals surface area contributed by atoms with E-state index in [0.29, 0.717) is 33.4 Å². The van der Waals surface area contributed by atoms with Crippen molar-refractivity contribution in [1.82, 2.24) is 24.7 Å². The Morgan fingerprint density at radius 3 is 2.90 bits per heavy atom. The maximum Gasteiger partial charge on any atom is 0.268 e. The van der Waals surface area contributed by atoms with Gasteiger partial charge in [0.15, 0.2) is 16.6 Å². The smallest absolute Gasteiger partial charge is 0.268 e. The van der Waals surface area contributed by atoms with Crippen LogP contribution in [0.15, 0.2) is 58.6 Å². The summed E-state index contributed by atoms with van der Waals surface area (Å²) in [4.78, 5) is 34.3. The number of nitrogens with zero attached hydrogens (tertiary/aromatic N) is 4. The van der Waals surface area contributed by atoms with Crippen LogP contribution >= 0.6 is 11.8 Å². The average molecular weight is 422 g/mol. The Bertz CT molecular complexity index is 1280. The van der Waals surface area contributed by atoms with Crippen molar-refractivity contribution in [3.63, 3.8) is 0 Å². The van der Waals surface area contributed by atoms with Crippen LogP contribution in [-0.2, 0) is 4.79 Å². The van der Waals surface area contributed by atoms with Crippen LogP contribution in [0, 0.1) is 6.92 Å². The number of carbonyl (C=O) groups is 1. The Morgan fingerprint density at radius 1 is 1.27 bits per heavy atom. The normalized spacial score (nSPS) is 10.9. The number of ether oxygens (including phenoxy) is 1. The number of rotatable bonds is 6. The van der Waals surface area contributed by atoms with E-state index in [-0.39, 0.29) is 17.2 Å². The lowest BCUT2D eigenvalue weighted by Crippen LogP contribution is -2.23. The molecule has 0 aliphatic rings. The van der Waals surface area contributed by atoms with Gasteiger partial charge in [-0.3, -0.25) is 19.3 Å². The molecule has 152 valence electrons. The second-order valence-corrected chi connectivity index (χ2v) is 7.33. The molecule has 0 aliphatic carbocycles. The number of H-pyrrole nitrogens is 1. The third kappa shape index (κ3) is 4.03. The van der Waals surface area contributed by atoms with E-state index in [4.69, 9.17) is 4.74 Å². The lowest BCUT2D eigenvalue weighted by molar-refractivity contribution is -0.113. The molecule has 0 bridgehead atoms. The summed E-state index contributed by atoms with van der Waals surface area (Å²) in [6, 6.07) is 12.2. The number of anilines is 1. The minimum Gasteiger partial charge on any atom is -0.497 e. The molecule has 1 amide bonds. The predicted molar refractivity (Wildman–Crippen MR) is 114 cm³/mol. The van der Waals surface area contributed by atoms with E-state index in [1.165, 1.54) is 4.57 Å². The first-order chi connectivity index (χ1) is 14.5. The maximum atomic E-state index is 13.2. The molecular formula is C20H18N6O3S. The molecule has 4 rings (SSSR count). The summed E-state index contributed by atoms with van der Waals surface area (Å²) in [5.41, 5.74) is 1.48. The summed E-state index contributed by atoms with van der Waals surface area (Å²) in [6.45, 7) is 1.84. The molecule has 4 aromatic rings. The topological polar surface area (TPSA) is 115 Å². The molecule has 0 unspecified atom stereocenters. The van der Waals surface area contributed by atoms with Crippen LogP contribution in [0.1, 0.15) is 5.69 Å².